The zero-order valence-corrected chi connectivity index (χ0v) is 10.6. The molecule has 20 heavy (non-hydrogen) atoms. The molecule has 1 aromatic heterocycles. The van der Waals surface area contributed by atoms with E-state index in [0.717, 1.165) is 16.8 Å². The van der Waals surface area contributed by atoms with Gasteiger partial charge in [-0.05, 0) is 25.0 Å². The molecule has 0 unspecified atom stereocenters. The second-order valence-electron chi connectivity index (χ2n) is 4.28. The molecule has 0 radical (unpaired) electrons. The fourth-order valence-corrected chi connectivity index (χ4v) is 1.83. The Morgan fingerprint density at radius 3 is 2.65 bits per heavy atom. The van der Waals surface area contributed by atoms with E-state index in [-0.39, 0.29) is 35.5 Å². The third kappa shape index (κ3) is 2.53. The number of aromatic carboxylic acids is 1. The van der Waals surface area contributed by atoms with E-state index in [2.05, 4.69) is 5.10 Å². The number of hydrogen-bond donors (Lipinski definition) is 2. The van der Waals surface area contributed by atoms with Crippen molar-refractivity contribution >= 4 is 5.97 Å². The van der Waals surface area contributed by atoms with Crippen LogP contribution in [0.4, 0.5) is 8.78 Å². The van der Waals surface area contributed by atoms with E-state index in [1.807, 2.05) is 0 Å². The minimum atomic E-state index is -1.29. The van der Waals surface area contributed by atoms with Crippen LogP contribution in [0.1, 0.15) is 21.6 Å². The van der Waals surface area contributed by atoms with Crippen LogP contribution in [-0.2, 0) is 6.42 Å². The van der Waals surface area contributed by atoms with E-state index >= 15 is 0 Å². The molecule has 1 aromatic carbocycles. The highest BCUT2D eigenvalue weighted by Crippen LogP contribution is 2.19. The van der Waals surface area contributed by atoms with Gasteiger partial charge in [-0.15, -0.1) is 0 Å². The summed E-state index contributed by atoms with van der Waals surface area (Å²) in [5.74, 6) is -2.61. The molecule has 0 amide bonds. The number of carboxylic acids is 1. The Morgan fingerprint density at radius 2 is 2.05 bits per heavy atom. The number of carbonyl (C=O) groups is 1. The van der Waals surface area contributed by atoms with Gasteiger partial charge < -0.3 is 10.2 Å². The van der Waals surface area contributed by atoms with Gasteiger partial charge in [0.1, 0.15) is 17.3 Å². The first-order valence-electron chi connectivity index (χ1n) is 5.82. The van der Waals surface area contributed by atoms with E-state index in [9.17, 15) is 13.6 Å². The summed E-state index contributed by atoms with van der Waals surface area (Å²) in [4.78, 5) is 11.0. The predicted molar refractivity (Wildman–Crippen MR) is 66.0 cm³/mol. The van der Waals surface area contributed by atoms with E-state index in [1.165, 1.54) is 13.1 Å². The highest BCUT2D eigenvalue weighted by molar-refractivity contribution is 5.87. The van der Waals surface area contributed by atoms with Crippen molar-refractivity contribution in [3.8, 4) is 5.69 Å². The SMILES string of the molecule is Cc1cc(F)c(-n2cc(CCO)c(C(=O)O)n2)cc1F. The Bertz CT molecular complexity index is 668. The number of carboxylic acid groups (broad SMARTS) is 1. The average molecular weight is 282 g/mol. The van der Waals surface area contributed by atoms with Crippen LogP contribution >= 0.6 is 0 Å². The summed E-state index contributed by atoms with van der Waals surface area (Å²) in [6.07, 6.45) is 1.34. The Hall–Kier alpha value is -2.28. The molecule has 0 aliphatic heterocycles. The number of hydrogen-bond acceptors (Lipinski definition) is 3. The number of halogens is 2. The largest absolute Gasteiger partial charge is 0.476 e. The van der Waals surface area contributed by atoms with E-state index in [0.29, 0.717) is 0 Å². The first-order chi connectivity index (χ1) is 9.43. The van der Waals surface area contributed by atoms with Crippen molar-refractivity contribution in [1.82, 2.24) is 9.78 Å². The predicted octanol–water partition coefficient (Wildman–Crippen LogP) is 1.69. The van der Waals surface area contributed by atoms with Crippen LogP contribution in [0.2, 0.25) is 0 Å². The summed E-state index contributed by atoms with van der Waals surface area (Å²) < 4.78 is 28.3. The minimum Gasteiger partial charge on any atom is -0.476 e. The van der Waals surface area contributed by atoms with Gasteiger partial charge >= 0.3 is 5.97 Å². The third-order valence-corrected chi connectivity index (χ3v) is 2.85. The van der Waals surface area contributed by atoms with Crippen LogP contribution in [0, 0.1) is 18.6 Å². The molecular formula is C13H12F2N2O3. The minimum absolute atomic E-state index is 0.0671. The highest BCUT2D eigenvalue weighted by Gasteiger charge is 2.18. The second-order valence-corrected chi connectivity index (χ2v) is 4.28. The van der Waals surface area contributed by atoms with Gasteiger partial charge in [-0.25, -0.2) is 18.3 Å². The number of aryl methyl sites for hydroxylation is 1. The second kappa shape index (κ2) is 5.38. The van der Waals surface area contributed by atoms with Crippen molar-refractivity contribution in [3.63, 3.8) is 0 Å². The van der Waals surface area contributed by atoms with Gasteiger partial charge in [-0.2, -0.15) is 5.10 Å². The molecule has 0 saturated heterocycles. The Morgan fingerprint density at radius 1 is 1.35 bits per heavy atom. The van der Waals surface area contributed by atoms with E-state index < -0.39 is 17.6 Å². The Balaban J connectivity index is 2.56. The smallest absolute Gasteiger partial charge is 0.356 e. The summed E-state index contributed by atoms with van der Waals surface area (Å²) in [7, 11) is 0. The number of rotatable bonds is 4. The molecular weight excluding hydrogens is 270 g/mol. The van der Waals surface area contributed by atoms with E-state index in [4.69, 9.17) is 10.2 Å². The molecule has 0 aliphatic rings. The molecule has 0 aliphatic carbocycles. The third-order valence-electron chi connectivity index (χ3n) is 2.85. The van der Waals surface area contributed by atoms with Crippen LogP contribution < -0.4 is 0 Å². The van der Waals surface area contributed by atoms with Crippen molar-refractivity contribution in [2.75, 3.05) is 6.61 Å². The molecule has 5 nitrogen and oxygen atoms in total. The summed E-state index contributed by atoms with van der Waals surface area (Å²) in [5.41, 5.74) is -0.0768. The van der Waals surface area contributed by atoms with Gasteiger partial charge in [0.15, 0.2) is 5.69 Å². The van der Waals surface area contributed by atoms with Crippen molar-refractivity contribution in [1.29, 1.82) is 0 Å². The monoisotopic (exact) mass is 282 g/mol. The lowest BCUT2D eigenvalue weighted by Crippen LogP contribution is -2.05. The molecule has 7 heteroatoms. The Labute approximate surface area is 113 Å². The summed E-state index contributed by atoms with van der Waals surface area (Å²) in [6.45, 7) is 1.15. The van der Waals surface area contributed by atoms with Gasteiger partial charge in [-0.3, -0.25) is 0 Å². The molecule has 2 rings (SSSR count). The molecule has 0 bridgehead atoms. The molecule has 0 saturated carbocycles. The molecule has 0 atom stereocenters. The molecule has 0 spiro atoms. The zero-order chi connectivity index (χ0) is 14.9. The normalized spacial score (nSPS) is 10.8. The summed E-state index contributed by atoms with van der Waals surface area (Å²) in [6, 6.07) is 1.96. The molecule has 0 fully saturated rings. The fourth-order valence-electron chi connectivity index (χ4n) is 1.83. The first-order valence-corrected chi connectivity index (χ1v) is 5.82. The highest BCUT2D eigenvalue weighted by atomic mass is 19.1. The fraction of sp³-hybridized carbons (Fsp3) is 0.231. The summed E-state index contributed by atoms with van der Waals surface area (Å²) in [5, 5.41) is 21.6. The lowest BCUT2D eigenvalue weighted by molar-refractivity contribution is 0.0688. The molecule has 106 valence electrons. The quantitative estimate of drug-likeness (QED) is 0.894. The lowest BCUT2D eigenvalue weighted by atomic mass is 10.2. The van der Waals surface area contributed by atoms with Gasteiger partial charge in [0.2, 0.25) is 0 Å². The van der Waals surface area contributed by atoms with Crippen molar-refractivity contribution in [2.45, 2.75) is 13.3 Å². The van der Waals surface area contributed by atoms with Gasteiger partial charge in [0.05, 0.1) is 0 Å². The van der Waals surface area contributed by atoms with Crippen molar-refractivity contribution in [3.05, 3.63) is 46.8 Å². The van der Waals surface area contributed by atoms with Gasteiger partial charge in [-0.1, -0.05) is 0 Å². The lowest BCUT2D eigenvalue weighted by Gasteiger charge is -2.05. The van der Waals surface area contributed by atoms with Crippen LogP contribution in [0.25, 0.3) is 5.69 Å². The van der Waals surface area contributed by atoms with Gasteiger partial charge in [0.25, 0.3) is 0 Å². The first kappa shape index (κ1) is 14.1. The average Bonchev–Trinajstić information content (AvgIpc) is 2.78. The maximum atomic E-state index is 13.8. The van der Waals surface area contributed by atoms with Crippen molar-refractivity contribution < 1.29 is 23.8 Å². The molecule has 2 aromatic rings. The summed E-state index contributed by atoms with van der Waals surface area (Å²) >= 11 is 0. The topological polar surface area (TPSA) is 75.4 Å². The zero-order valence-electron chi connectivity index (χ0n) is 10.6. The number of benzene rings is 1. The number of nitrogens with zero attached hydrogens (tertiary/aromatic N) is 2. The number of aromatic nitrogens is 2. The molecule has 2 N–H and O–H groups in total. The maximum absolute atomic E-state index is 13.8. The van der Waals surface area contributed by atoms with E-state index in [1.54, 1.807) is 0 Å². The van der Waals surface area contributed by atoms with Crippen LogP contribution in [0.5, 0.6) is 0 Å². The standard InChI is InChI=1S/C13H12F2N2O3/c1-7-4-10(15)11(5-9(7)14)17-6-8(2-3-18)12(16-17)13(19)20/h4-6,18H,2-3H2,1H3,(H,19,20). The van der Waals surface area contributed by atoms with Crippen LogP contribution in [0.15, 0.2) is 18.3 Å². The number of aliphatic hydroxyl groups excluding tert-OH is 1. The maximum Gasteiger partial charge on any atom is 0.356 e. The van der Waals surface area contributed by atoms with Crippen molar-refractivity contribution in [2.24, 2.45) is 0 Å². The van der Waals surface area contributed by atoms with Crippen LogP contribution in [0.3, 0.4) is 0 Å². The van der Waals surface area contributed by atoms with Gasteiger partial charge in [0, 0.05) is 24.4 Å². The Kier molecular flexibility index (Phi) is 3.80. The molecule has 1 heterocycles. The number of aliphatic hydroxyl groups is 1. The van der Waals surface area contributed by atoms with Crippen LogP contribution in [-0.4, -0.2) is 32.6 Å².